The minimum Gasteiger partial charge on any atom is -0.141 e. The summed E-state index contributed by atoms with van der Waals surface area (Å²) in [5.74, 6) is 0. The molecule has 0 amide bonds. The van der Waals surface area contributed by atoms with Gasteiger partial charge < -0.3 is 0 Å². The standard InChI is InChI=1S/C6H10S3/c1-3-5(7-3)9-6-4(2)8-6/h3-6H,1-2H3/t3-,4-,5?,6?/m0/s1. The van der Waals surface area contributed by atoms with Crippen molar-refractivity contribution in [3.8, 4) is 0 Å². The van der Waals surface area contributed by atoms with Crippen molar-refractivity contribution in [2.75, 3.05) is 0 Å². The molecule has 2 fully saturated rings. The highest BCUT2D eigenvalue weighted by atomic mass is 32.2. The van der Waals surface area contributed by atoms with Crippen LogP contribution in [0.15, 0.2) is 0 Å². The first kappa shape index (κ1) is 6.74. The van der Waals surface area contributed by atoms with Crippen LogP contribution >= 0.6 is 35.3 Å². The zero-order valence-electron chi connectivity index (χ0n) is 5.53. The van der Waals surface area contributed by atoms with Crippen molar-refractivity contribution in [2.24, 2.45) is 0 Å². The van der Waals surface area contributed by atoms with Gasteiger partial charge in [-0.25, -0.2) is 0 Å². The minimum atomic E-state index is 0.948. The third-order valence-corrected chi connectivity index (χ3v) is 6.74. The second-order valence-electron chi connectivity index (χ2n) is 2.56. The van der Waals surface area contributed by atoms with E-state index < -0.39 is 0 Å². The Hall–Kier alpha value is 1.05. The molecule has 4 atom stereocenters. The lowest BCUT2D eigenvalue weighted by atomic mass is 10.6. The fourth-order valence-corrected chi connectivity index (χ4v) is 5.00. The Morgan fingerprint density at radius 2 is 1.33 bits per heavy atom. The van der Waals surface area contributed by atoms with Gasteiger partial charge in [0.2, 0.25) is 0 Å². The Morgan fingerprint density at radius 1 is 1.00 bits per heavy atom. The van der Waals surface area contributed by atoms with Crippen LogP contribution in [0.25, 0.3) is 0 Å². The average Bonchev–Trinajstić information content (AvgIpc) is 2.59. The van der Waals surface area contributed by atoms with Crippen LogP contribution in [-0.2, 0) is 0 Å². The van der Waals surface area contributed by atoms with Gasteiger partial charge in [0, 0.05) is 10.5 Å². The van der Waals surface area contributed by atoms with Crippen LogP contribution in [0.5, 0.6) is 0 Å². The van der Waals surface area contributed by atoms with Gasteiger partial charge in [0.1, 0.15) is 0 Å². The Balaban J connectivity index is 1.69. The summed E-state index contributed by atoms with van der Waals surface area (Å²) in [5, 5.41) is 1.90. The number of hydrogen-bond acceptors (Lipinski definition) is 3. The summed E-state index contributed by atoms with van der Waals surface area (Å²) in [6.07, 6.45) is 0. The molecule has 0 aromatic heterocycles. The molecule has 9 heavy (non-hydrogen) atoms. The maximum atomic E-state index is 2.32. The van der Waals surface area contributed by atoms with E-state index in [2.05, 4.69) is 49.1 Å². The number of thioether (sulfide) groups is 3. The first-order valence-electron chi connectivity index (χ1n) is 3.24. The molecule has 0 radical (unpaired) electrons. The van der Waals surface area contributed by atoms with E-state index in [1.807, 2.05) is 0 Å². The van der Waals surface area contributed by atoms with E-state index in [0.717, 1.165) is 19.7 Å². The zero-order chi connectivity index (χ0) is 6.43. The molecule has 3 heteroatoms. The van der Waals surface area contributed by atoms with E-state index in [4.69, 9.17) is 0 Å². The third kappa shape index (κ3) is 1.55. The summed E-state index contributed by atoms with van der Waals surface area (Å²) in [6, 6.07) is 0. The van der Waals surface area contributed by atoms with Crippen molar-refractivity contribution in [3.63, 3.8) is 0 Å². The highest BCUT2D eigenvalue weighted by Crippen LogP contribution is 2.59. The summed E-state index contributed by atoms with van der Waals surface area (Å²) in [4.78, 5) is 0. The molecule has 0 aliphatic carbocycles. The van der Waals surface area contributed by atoms with E-state index in [9.17, 15) is 0 Å². The SMILES string of the molecule is C[C@@H]1SC1SC1S[C@H]1C. The van der Waals surface area contributed by atoms with Crippen LogP contribution in [-0.4, -0.2) is 19.7 Å². The Labute approximate surface area is 68.9 Å². The first-order chi connectivity index (χ1) is 4.27. The van der Waals surface area contributed by atoms with Crippen LogP contribution in [0.2, 0.25) is 0 Å². The second-order valence-corrected chi connectivity index (χ2v) is 7.49. The van der Waals surface area contributed by atoms with Gasteiger partial charge in [-0.2, -0.15) is 0 Å². The molecule has 2 aliphatic heterocycles. The second kappa shape index (κ2) is 2.28. The molecule has 2 saturated heterocycles. The molecular formula is C6H10S3. The zero-order valence-corrected chi connectivity index (χ0v) is 7.98. The van der Waals surface area contributed by atoms with E-state index >= 15 is 0 Å². The van der Waals surface area contributed by atoms with Crippen molar-refractivity contribution in [2.45, 2.75) is 33.5 Å². The predicted molar refractivity (Wildman–Crippen MR) is 49.3 cm³/mol. The van der Waals surface area contributed by atoms with Gasteiger partial charge in [0.25, 0.3) is 0 Å². The summed E-state index contributed by atoms with van der Waals surface area (Å²) >= 11 is 6.40. The van der Waals surface area contributed by atoms with E-state index in [-0.39, 0.29) is 0 Å². The monoisotopic (exact) mass is 178 g/mol. The van der Waals surface area contributed by atoms with Crippen LogP contribution in [0.4, 0.5) is 0 Å². The van der Waals surface area contributed by atoms with Crippen molar-refractivity contribution in [1.82, 2.24) is 0 Å². The fraction of sp³-hybridized carbons (Fsp3) is 1.00. The molecule has 0 N–H and O–H groups in total. The Kier molecular flexibility index (Phi) is 1.71. The Bertz CT molecular complexity index is 111. The fourth-order valence-electron chi connectivity index (χ4n) is 0.750. The summed E-state index contributed by atoms with van der Waals surface area (Å²) < 4.78 is 1.90. The number of hydrogen-bond donors (Lipinski definition) is 0. The molecule has 0 bridgehead atoms. The van der Waals surface area contributed by atoms with Gasteiger partial charge in [-0.15, -0.1) is 35.3 Å². The largest absolute Gasteiger partial charge is 0.141 e. The average molecular weight is 178 g/mol. The topological polar surface area (TPSA) is 0 Å². The lowest BCUT2D eigenvalue weighted by Gasteiger charge is -1.88. The van der Waals surface area contributed by atoms with Crippen molar-refractivity contribution >= 4 is 35.3 Å². The quantitative estimate of drug-likeness (QED) is 0.597. The molecule has 0 nitrogen and oxygen atoms in total. The molecule has 0 aromatic carbocycles. The molecule has 2 unspecified atom stereocenters. The van der Waals surface area contributed by atoms with Crippen molar-refractivity contribution in [3.05, 3.63) is 0 Å². The van der Waals surface area contributed by atoms with Crippen molar-refractivity contribution in [1.29, 1.82) is 0 Å². The van der Waals surface area contributed by atoms with Crippen LogP contribution in [0.1, 0.15) is 13.8 Å². The van der Waals surface area contributed by atoms with Crippen molar-refractivity contribution < 1.29 is 0 Å². The molecular weight excluding hydrogens is 168 g/mol. The smallest absolute Gasteiger partial charge is 0.0633 e. The van der Waals surface area contributed by atoms with E-state index in [0.29, 0.717) is 0 Å². The lowest BCUT2D eigenvalue weighted by Crippen LogP contribution is -1.87. The van der Waals surface area contributed by atoms with Gasteiger partial charge >= 0.3 is 0 Å². The normalized spacial score (nSPS) is 55.3. The minimum absolute atomic E-state index is 0.948. The summed E-state index contributed by atoms with van der Waals surface area (Å²) in [7, 11) is 0. The van der Waals surface area contributed by atoms with Gasteiger partial charge in [-0.1, -0.05) is 13.8 Å². The Morgan fingerprint density at radius 3 is 1.56 bits per heavy atom. The molecule has 0 aromatic rings. The lowest BCUT2D eigenvalue weighted by molar-refractivity contribution is 1.17. The highest BCUT2D eigenvalue weighted by Gasteiger charge is 2.43. The van der Waals surface area contributed by atoms with Gasteiger partial charge in [-0.05, 0) is 0 Å². The van der Waals surface area contributed by atoms with Crippen LogP contribution in [0.3, 0.4) is 0 Å². The molecule has 0 spiro atoms. The number of rotatable bonds is 2. The molecule has 2 heterocycles. The summed E-state index contributed by atoms with van der Waals surface area (Å²) in [6.45, 7) is 4.64. The van der Waals surface area contributed by atoms with E-state index in [1.54, 1.807) is 0 Å². The van der Waals surface area contributed by atoms with Crippen LogP contribution in [0, 0.1) is 0 Å². The maximum absolute atomic E-state index is 2.32. The highest BCUT2D eigenvalue weighted by molar-refractivity contribution is 8.31. The van der Waals surface area contributed by atoms with Gasteiger partial charge in [0.15, 0.2) is 0 Å². The molecule has 0 saturated carbocycles. The third-order valence-electron chi connectivity index (χ3n) is 1.58. The predicted octanol–water partition coefficient (Wildman–Crippen LogP) is 2.64. The molecule has 2 aliphatic rings. The van der Waals surface area contributed by atoms with Gasteiger partial charge in [-0.3, -0.25) is 0 Å². The molecule has 2 rings (SSSR count). The molecule has 52 valence electrons. The summed E-state index contributed by atoms with van der Waals surface area (Å²) in [5.41, 5.74) is 0. The first-order valence-corrected chi connectivity index (χ1v) is 6.06. The van der Waals surface area contributed by atoms with Crippen LogP contribution < -0.4 is 0 Å². The van der Waals surface area contributed by atoms with Gasteiger partial charge in [0.05, 0.1) is 9.16 Å². The maximum Gasteiger partial charge on any atom is 0.0633 e. The van der Waals surface area contributed by atoms with E-state index in [1.165, 1.54) is 0 Å².